The van der Waals surface area contributed by atoms with E-state index < -0.39 is 0 Å². The number of carbonyl (C=O) groups excluding carboxylic acids is 1. The molecule has 1 fully saturated rings. The van der Waals surface area contributed by atoms with Gasteiger partial charge in [0.15, 0.2) is 0 Å². The third-order valence-electron chi connectivity index (χ3n) is 11.1. The van der Waals surface area contributed by atoms with Crippen molar-refractivity contribution in [2.24, 2.45) is 17.8 Å². The average molecular weight is 663 g/mol. The minimum atomic E-state index is 0.0949. The van der Waals surface area contributed by atoms with Gasteiger partial charge in [0.05, 0.1) is 12.5 Å². The van der Waals surface area contributed by atoms with Crippen molar-refractivity contribution in [3.05, 3.63) is 0 Å². The molecule has 0 amide bonds. The van der Waals surface area contributed by atoms with Gasteiger partial charge in [0.25, 0.3) is 0 Å². The lowest BCUT2D eigenvalue weighted by Crippen LogP contribution is -2.19. The predicted molar refractivity (Wildman–Crippen MR) is 211 cm³/mol. The van der Waals surface area contributed by atoms with Gasteiger partial charge in [0.1, 0.15) is 0 Å². The molecule has 47 heavy (non-hydrogen) atoms. The Kier molecular flexibility index (Phi) is 37.8. The van der Waals surface area contributed by atoms with Crippen LogP contribution in [0.25, 0.3) is 0 Å². The van der Waals surface area contributed by atoms with Gasteiger partial charge in [-0.1, -0.05) is 240 Å². The van der Waals surface area contributed by atoms with E-state index >= 15 is 0 Å². The molecule has 0 radical (unpaired) electrons. The van der Waals surface area contributed by atoms with Crippen LogP contribution < -0.4 is 0 Å². The molecule has 0 spiro atoms. The van der Waals surface area contributed by atoms with Gasteiger partial charge < -0.3 is 4.74 Å². The van der Waals surface area contributed by atoms with Crippen molar-refractivity contribution in [2.45, 2.75) is 259 Å². The monoisotopic (exact) mass is 663 g/mol. The van der Waals surface area contributed by atoms with Gasteiger partial charge in [-0.05, 0) is 31.1 Å². The van der Waals surface area contributed by atoms with E-state index in [1.54, 1.807) is 19.3 Å². The van der Waals surface area contributed by atoms with Crippen LogP contribution in [0.2, 0.25) is 0 Å². The van der Waals surface area contributed by atoms with E-state index in [0.717, 1.165) is 31.1 Å². The van der Waals surface area contributed by atoms with Gasteiger partial charge in [0, 0.05) is 0 Å². The summed E-state index contributed by atoms with van der Waals surface area (Å²) in [5.41, 5.74) is 0. The first-order chi connectivity index (χ1) is 23.1. The molecular weight excluding hydrogens is 572 g/mol. The maximum atomic E-state index is 12.6. The fraction of sp³-hybridized carbons (Fsp3) is 0.978. The summed E-state index contributed by atoms with van der Waals surface area (Å²) in [7, 11) is 0. The van der Waals surface area contributed by atoms with Crippen molar-refractivity contribution in [3.8, 4) is 0 Å². The molecule has 1 saturated carbocycles. The van der Waals surface area contributed by atoms with Crippen LogP contribution in [0.5, 0.6) is 0 Å². The molecule has 1 aliphatic carbocycles. The fourth-order valence-electron chi connectivity index (χ4n) is 7.78. The molecule has 3 unspecified atom stereocenters. The van der Waals surface area contributed by atoms with Crippen LogP contribution in [0, 0.1) is 17.8 Å². The molecule has 0 aromatic carbocycles. The fourth-order valence-corrected chi connectivity index (χ4v) is 7.78. The topological polar surface area (TPSA) is 26.3 Å². The Morgan fingerprint density at radius 3 is 1.19 bits per heavy atom. The summed E-state index contributed by atoms with van der Waals surface area (Å²) in [6.07, 6.45) is 47.4. The Balaban J connectivity index is 0.00000100. The maximum Gasteiger partial charge on any atom is 0.308 e. The van der Waals surface area contributed by atoms with Crippen molar-refractivity contribution >= 4 is 5.97 Å². The predicted octanol–water partition coefficient (Wildman–Crippen LogP) is 16.1. The quantitative estimate of drug-likeness (QED) is 0.0516. The Hall–Kier alpha value is -0.530. The number of carbonyl (C=O) groups is 1. The molecule has 2 heteroatoms. The van der Waals surface area contributed by atoms with Crippen molar-refractivity contribution in [3.63, 3.8) is 0 Å². The van der Waals surface area contributed by atoms with E-state index in [1.165, 1.54) is 186 Å². The van der Waals surface area contributed by atoms with Gasteiger partial charge >= 0.3 is 5.97 Å². The van der Waals surface area contributed by atoms with E-state index in [0.29, 0.717) is 6.61 Å². The Bertz CT molecular complexity index is 601. The minimum Gasteiger partial charge on any atom is -0.465 e. The zero-order chi connectivity index (χ0) is 34.5. The highest BCUT2D eigenvalue weighted by Crippen LogP contribution is 2.36. The molecule has 1 aliphatic rings. The summed E-state index contributed by atoms with van der Waals surface area (Å²) in [6, 6.07) is 0. The first kappa shape index (κ1) is 46.5. The van der Waals surface area contributed by atoms with Crippen molar-refractivity contribution in [1.82, 2.24) is 0 Å². The SMILES string of the molecule is CCCCCCCC1CCCCC1CCCCC.CCCCCCCCCOC(=O)C(CCCCCCC)CCCCCCCCC. The molecule has 0 saturated heterocycles. The largest absolute Gasteiger partial charge is 0.465 e. The second kappa shape index (κ2) is 38.3. The summed E-state index contributed by atoms with van der Waals surface area (Å²) in [5, 5.41) is 0. The number of ether oxygens (including phenoxy) is 1. The van der Waals surface area contributed by atoms with Gasteiger partial charge in [-0.3, -0.25) is 4.79 Å². The summed E-state index contributed by atoms with van der Waals surface area (Å²) < 4.78 is 5.68. The first-order valence-electron chi connectivity index (χ1n) is 22.3. The van der Waals surface area contributed by atoms with Crippen LogP contribution in [-0.2, 0) is 9.53 Å². The number of unbranched alkanes of at least 4 members (excludes halogenated alkanes) is 22. The summed E-state index contributed by atoms with van der Waals surface area (Å²) >= 11 is 0. The smallest absolute Gasteiger partial charge is 0.308 e. The van der Waals surface area contributed by atoms with Crippen LogP contribution in [0.15, 0.2) is 0 Å². The van der Waals surface area contributed by atoms with E-state index in [4.69, 9.17) is 4.74 Å². The van der Waals surface area contributed by atoms with Gasteiger partial charge in [-0.15, -0.1) is 0 Å². The van der Waals surface area contributed by atoms with Gasteiger partial charge in [0.2, 0.25) is 0 Å². The summed E-state index contributed by atoms with van der Waals surface area (Å²) in [5.74, 6) is 2.43. The highest BCUT2D eigenvalue weighted by Gasteiger charge is 2.24. The number of esters is 1. The molecule has 3 atom stereocenters. The maximum absolute atomic E-state index is 12.6. The number of hydrogen-bond acceptors (Lipinski definition) is 2. The molecule has 1 rings (SSSR count). The third-order valence-corrected chi connectivity index (χ3v) is 11.1. The van der Waals surface area contributed by atoms with Gasteiger partial charge in [-0.25, -0.2) is 0 Å². The lowest BCUT2D eigenvalue weighted by molar-refractivity contribution is -0.149. The third kappa shape index (κ3) is 31.2. The highest BCUT2D eigenvalue weighted by atomic mass is 16.5. The standard InChI is InChI=1S/C27H54O2.C18H36/c1-4-7-10-13-15-18-21-24-26(23-20-17-12-9-6-3)27(28)29-25-22-19-16-14-11-8-5-2;1-3-5-7-8-10-14-18-16-12-11-15-17(18)13-9-6-4-2/h26H,4-25H2,1-3H3;17-18H,3-16H2,1-2H3. The molecular formula is C45H90O2. The van der Waals surface area contributed by atoms with E-state index in [1.807, 2.05) is 0 Å². The molecule has 2 nitrogen and oxygen atoms in total. The number of rotatable bonds is 33. The van der Waals surface area contributed by atoms with Crippen molar-refractivity contribution in [2.75, 3.05) is 6.61 Å². The molecule has 0 N–H and O–H groups in total. The minimum absolute atomic E-state index is 0.0949. The second-order valence-corrected chi connectivity index (χ2v) is 15.6. The summed E-state index contributed by atoms with van der Waals surface area (Å²) in [4.78, 5) is 12.6. The van der Waals surface area contributed by atoms with Crippen LogP contribution in [0.3, 0.4) is 0 Å². The molecule has 0 bridgehead atoms. The second-order valence-electron chi connectivity index (χ2n) is 15.6. The molecule has 282 valence electrons. The van der Waals surface area contributed by atoms with Crippen LogP contribution in [-0.4, -0.2) is 12.6 Å². The van der Waals surface area contributed by atoms with Crippen molar-refractivity contribution < 1.29 is 9.53 Å². The van der Waals surface area contributed by atoms with E-state index in [-0.39, 0.29) is 11.9 Å². The highest BCUT2D eigenvalue weighted by molar-refractivity contribution is 5.72. The Morgan fingerprint density at radius 1 is 0.447 bits per heavy atom. The lowest BCUT2D eigenvalue weighted by atomic mass is 9.74. The first-order valence-corrected chi connectivity index (χ1v) is 22.3. The van der Waals surface area contributed by atoms with Crippen LogP contribution >= 0.6 is 0 Å². The van der Waals surface area contributed by atoms with Crippen molar-refractivity contribution in [1.29, 1.82) is 0 Å². The zero-order valence-corrected chi connectivity index (χ0v) is 33.5. The molecule has 0 heterocycles. The van der Waals surface area contributed by atoms with E-state index in [2.05, 4.69) is 34.6 Å². The molecule has 0 aromatic rings. The van der Waals surface area contributed by atoms with Gasteiger partial charge in [-0.2, -0.15) is 0 Å². The molecule has 0 aromatic heterocycles. The average Bonchev–Trinajstić information content (AvgIpc) is 3.08. The van der Waals surface area contributed by atoms with E-state index in [9.17, 15) is 4.79 Å². The van der Waals surface area contributed by atoms with Crippen LogP contribution in [0.1, 0.15) is 259 Å². The summed E-state index contributed by atoms with van der Waals surface area (Å²) in [6.45, 7) is 12.0. The lowest BCUT2D eigenvalue weighted by Gasteiger charge is -2.32. The zero-order valence-electron chi connectivity index (χ0n) is 33.5. The normalized spacial score (nSPS) is 16.9. The Morgan fingerprint density at radius 2 is 0.766 bits per heavy atom. The molecule has 0 aliphatic heterocycles. The van der Waals surface area contributed by atoms with Crippen LogP contribution in [0.4, 0.5) is 0 Å². The Labute approximate surface area is 298 Å². The number of hydrogen-bond donors (Lipinski definition) is 0.